The molecule has 0 saturated carbocycles. The molecule has 0 fully saturated rings. The maximum atomic E-state index is 13.5. The lowest BCUT2D eigenvalue weighted by Gasteiger charge is -2.18. The SMILES string of the molecule is COc1ccc(NC(=O)[C@@H]2Oc3c(c(=O)oc4ccccc34)[C@@H]2c2sc(N(C)C)nc2C)cc1. The van der Waals surface area contributed by atoms with Crippen molar-refractivity contribution in [1.29, 1.82) is 0 Å². The number of para-hydroxylation sites is 1. The van der Waals surface area contributed by atoms with Crippen molar-refractivity contribution in [2.75, 3.05) is 31.4 Å². The van der Waals surface area contributed by atoms with Gasteiger partial charge >= 0.3 is 5.63 Å². The molecule has 1 N–H and O–H groups in total. The number of benzene rings is 2. The fourth-order valence-corrected chi connectivity index (χ4v) is 5.24. The first-order chi connectivity index (χ1) is 16.4. The number of aryl methyl sites for hydroxylation is 1. The second-order valence-electron chi connectivity index (χ2n) is 8.20. The van der Waals surface area contributed by atoms with Crippen LogP contribution >= 0.6 is 11.3 Å². The average molecular weight is 478 g/mol. The predicted molar refractivity (Wildman–Crippen MR) is 132 cm³/mol. The zero-order valence-corrected chi connectivity index (χ0v) is 19.9. The van der Waals surface area contributed by atoms with Crippen molar-refractivity contribution >= 4 is 39.0 Å². The molecule has 34 heavy (non-hydrogen) atoms. The van der Waals surface area contributed by atoms with E-state index in [4.69, 9.17) is 13.9 Å². The summed E-state index contributed by atoms with van der Waals surface area (Å²) in [5.41, 5.74) is 1.57. The summed E-state index contributed by atoms with van der Waals surface area (Å²) in [6, 6.07) is 14.2. The molecule has 0 saturated heterocycles. The molecule has 1 aliphatic heterocycles. The molecule has 0 unspecified atom stereocenters. The number of methoxy groups -OCH3 is 1. The Bertz CT molecular complexity index is 1440. The number of rotatable bonds is 5. The van der Waals surface area contributed by atoms with Crippen LogP contribution in [0.4, 0.5) is 10.8 Å². The van der Waals surface area contributed by atoms with Crippen LogP contribution in [-0.4, -0.2) is 38.2 Å². The molecule has 0 bridgehead atoms. The fraction of sp³-hybridized carbons (Fsp3) is 0.240. The van der Waals surface area contributed by atoms with Crippen LogP contribution in [0.15, 0.2) is 57.7 Å². The number of ether oxygens (including phenoxy) is 2. The Morgan fingerprint density at radius 3 is 2.56 bits per heavy atom. The van der Waals surface area contributed by atoms with Gasteiger partial charge < -0.3 is 24.1 Å². The zero-order valence-electron chi connectivity index (χ0n) is 19.1. The minimum atomic E-state index is -0.972. The number of anilines is 2. The van der Waals surface area contributed by atoms with E-state index in [-0.39, 0.29) is 5.91 Å². The number of carbonyl (C=O) groups is 1. The quantitative estimate of drug-likeness (QED) is 0.431. The molecule has 1 amide bonds. The summed E-state index contributed by atoms with van der Waals surface area (Å²) < 4.78 is 17.0. The minimum absolute atomic E-state index is 0.339. The van der Waals surface area contributed by atoms with Gasteiger partial charge in [-0.1, -0.05) is 12.1 Å². The van der Waals surface area contributed by atoms with Crippen LogP contribution in [0.1, 0.15) is 22.1 Å². The standard InChI is InChI=1S/C25H23N3O5S/c1-13-22(34-25(26-13)28(2)3)18-19-20(16-7-5-6-8-17(16)32-24(19)30)33-21(18)23(29)27-14-9-11-15(31-4)12-10-14/h5-12,18,21H,1-4H3,(H,27,29)/t18-,21+/m0/s1. The summed E-state index contributed by atoms with van der Waals surface area (Å²) in [5, 5.41) is 4.34. The molecular weight excluding hydrogens is 454 g/mol. The van der Waals surface area contributed by atoms with Crippen LogP contribution in [0.25, 0.3) is 11.0 Å². The fourth-order valence-electron chi connectivity index (χ4n) is 4.11. The van der Waals surface area contributed by atoms with E-state index in [2.05, 4.69) is 10.3 Å². The molecule has 1 aliphatic rings. The Balaban J connectivity index is 1.62. The average Bonchev–Trinajstić information content (AvgIpc) is 3.41. The van der Waals surface area contributed by atoms with Crippen molar-refractivity contribution in [3.63, 3.8) is 0 Å². The van der Waals surface area contributed by atoms with Gasteiger partial charge in [0.2, 0.25) is 0 Å². The molecular formula is C25H23N3O5S. The van der Waals surface area contributed by atoms with Crippen molar-refractivity contribution in [3.8, 4) is 11.5 Å². The first-order valence-electron chi connectivity index (χ1n) is 10.7. The van der Waals surface area contributed by atoms with Crippen molar-refractivity contribution in [1.82, 2.24) is 4.98 Å². The van der Waals surface area contributed by atoms with Crippen LogP contribution in [0.3, 0.4) is 0 Å². The van der Waals surface area contributed by atoms with E-state index >= 15 is 0 Å². The number of thiazole rings is 1. The minimum Gasteiger partial charge on any atom is -0.497 e. The van der Waals surface area contributed by atoms with E-state index in [1.807, 2.05) is 38.1 Å². The third kappa shape index (κ3) is 3.67. The summed E-state index contributed by atoms with van der Waals surface area (Å²) in [6.45, 7) is 1.87. The van der Waals surface area contributed by atoms with Crippen LogP contribution in [0.5, 0.6) is 11.5 Å². The first-order valence-corrected chi connectivity index (χ1v) is 11.5. The van der Waals surface area contributed by atoms with Gasteiger partial charge in [-0.2, -0.15) is 0 Å². The lowest BCUT2D eigenvalue weighted by Crippen LogP contribution is -2.35. The number of hydrogen-bond acceptors (Lipinski definition) is 8. The van der Waals surface area contributed by atoms with Gasteiger partial charge in [0.15, 0.2) is 11.2 Å². The molecule has 3 heterocycles. The lowest BCUT2D eigenvalue weighted by molar-refractivity contribution is -0.122. The Morgan fingerprint density at radius 1 is 1.15 bits per heavy atom. The van der Waals surface area contributed by atoms with Gasteiger partial charge in [0.1, 0.15) is 17.1 Å². The molecule has 9 heteroatoms. The van der Waals surface area contributed by atoms with Crippen LogP contribution in [-0.2, 0) is 4.79 Å². The van der Waals surface area contributed by atoms with Gasteiger partial charge in [0, 0.05) is 24.7 Å². The van der Waals surface area contributed by atoms with Crippen molar-refractivity contribution in [3.05, 3.63) is 75.1 Å². The van der Waals surface area contributed by atoms with Crippen LogP contribution in [0, 0.1) is 6.92 Å². The maximum absolute atomic E-state index is 13.5. The Kier molecular flexibility index (Phi) is 5.49. The Labute approximate surface area is 199 Å². The third-order valence-corrected chi connectivity index (χ3v) is 7.17. The van der Waals surface area contributed by atoms with Gasteiger partial charge in [-0.05, 0) is 43.3 Å². The zero-order chi connectivity index (χ0) is 24.0. The van der Waals surface area contributed by atoms with E-state index in [0.29, 0.717) is 33.7 Å². The number of hydrogen-bond donors (Lipinski definition) is 1. The highest BCUT2D eigenvalue weighted by molar-refractivity contribution is 7.15. The van der Waals surface area contributed by atoms with Gasteiger partial charge in [-0.3, -0.25) is 4.79 Å². The Hall–Kier alpha value is -3.85. The first kappa shape index (κ1) is 22.0. The normalized spacial score (nSPS) is 16.7. The van der Waals surface area contributed by atoms with Gasteiger partial charge in [-0.25, -0.2) is 9.78 Å². The smallest absolute Gasteiger partial charge is 0.344 e. The van der Waals surface area contributed by atoms with Crippen LogP contribution < -0.4 is 25.3 Å². The second-order valence-corrected chi connectivity index (χ2v) is 9.21. The van der Waals surface area contributed by atoms with Gasteiger partial charge in [0.25, 0.3) is 5.91 Å². The van der Waals surface area contributed by atoms with Gasteiger partial charge in [-0.15, -0.1) is 11.3 Å². The summed E-state index contributed by atoms with van der Waals surface area (Å²) >= 11 is 1.43. The number of nitrogens with zero attached hydrogens (tertiary/aromatic N) is 2. The third-order valence-electron chi connectivity index (χ3n) is 5.76. The monoisotopic (exact) mass is 477 g/mol. The topological polar surface area (TPSA) is 93.9 Å². The summed E-state index contributed by atoms with van der Waals surface area (Å²) in [7, 11) is 5.38. The number of amides is 1. The van der Waals surface area contributed by atoms with E-state index in [0.717, 1.165) is 15.7 Å². The molecule has 0 aliphatic carbocycles. The van der Waals surface area contributed by atoms with E-state index < -0.39 is 17.6 Å². The highest BCUT2D eigenvalue weighted by Gasteiger charge is 2.46. The van der Waals surface area contributed by atoms with Crippen molar-refractivity contribution in [2.45, 2.75) is 18.9 Å². The molecule has 2 atom stereocenters. The lowest BCUT2D eigenvalue weighted by atomic mass is 9.93. The highest BCUT2D eigenvalue weighted by atomic mass is 32.1. The number of aromatic nitrogens is 1. The van der Waals surface area contributed by atoms with Crippen molar-refractivity contribution < 1.29 is 18.7 Å². The highest BCUT2D eigenvalue weighted by Crippen LogP contribution is 2.47. The molecule has 2 aromatic heterocycles. The molecule has 174 valence electrons. The largest absolute Gasteiger partial charge is 0.497 e. The molecule has 0 spiro atoms. The molecule has 5 rings (SSSR count). The number of fused-ring (bicyclic) bond motifs is 3. The van der Waals surface area contributed by atoms with Crippen LogP contribution in [0.2, 0.25) is 0 Å². The second kappa shape index (κ2) is 8.49. The summed E-state index contributed by atoms with van der Waals surface area (Å²) in [6.07, 6.45) is -0.972. The maximum Gasteiger partial charge on any atom is 0.344 e. The number of carbonyl (C=O) groups excluding carboxylic acids is 1. The number of nitrogens with one attached hydrogen (secondary N) is 1. The molecule has 8 nitrogen and oxygen atoms in total. The molecule has 2 aromatic carbocycles. The summed E-state index contributed by atoms with van der Waals surface area (Å²) in [4.78, 5) is 33.9. The summed E-state index contributed by atoms with van der Waals surface area (Å²) in [5.74, 6) is 0.0428. The van der Waals surface area contributed by atoms with Crippen molar-refractivity contribution in [2.24, 2.45) is 0 Å². The van der Waals surface area contributed by atoms with Gasteiger partial charge in [0.05, 0.1) is 29.7 Å². The Morgan fingerprint density at radius 2 is 1.88 bits per heavy atom. The molecule has 0 radical (unpaired) electrons. The van der Waals surface area contributed by atoms with E-state index in [9.17, 15) is 9.59 Å². The predicted octanol–water partition coefficient (Wildman–Crippen LogP) is 4.16. The van der Waals surface area contributed by atoms with E-state index in [1.54, 1.807) is 43.5 Å². The molecule has 4 aromatic rings. The van der Waals surface area contributed by atoms with E-state index in [1.165, 1.54) is 11.3 Å².